The van der Waals surface area contributed by atoms with Crippen LogP contribution in [-0.2, 0) is 4.79 Å². The second kappa shape index (κ2) is 5.30. The maximum atomic E-state index is 11.2. The van der Waals surface area contributed by atoms with Crippen molar-refractivity contribution in [3.63, 3.8) is 0 Å². The van der Waals surface area contributed by atoms with Crippen molar-refractivity contribution in [1.29, 1.82) is 5.26 Å². The van der Waals surface area contributed by atoms with Crippen LogP contribution in [0.1, 0.15) is 18.5 Å². The number of thiophene rings is 1. The van der Waals surface area contributed by atoms with Gasteiger partial charge in [0, 0.05) is 33.1 Å². The predicted molar refractivity (Wildman–Crippen MR) is 66.5 cm³/mol. The zero-order valence-electron chi connectivity index (χ0n) is 9.80. The fourth-order valence-electron chi connectivity index (χ4n) is 2.09. The molecular formula is C12H15N3OS. The first-order valence-corrected chi connectivity index (χ1v) is 6.58. The van der Waals surface area contributed by atoms with Crippen LogP contribution in [0.4, 0.5) is 0 Å². The molecule has 4 nitrogen and oxygen atoms in total. The van der Waals surface area contributed by atoms with Gasteiger partial charge in [0.25, 0.3) is 0 Å². The number of amides is 1. The second-order valence-corrected chi connectivity index (χ2v) is 4.91. The summed E-state index contributed by atoms with van der Waals surface area (Å²) >= 11 is 1.61. The summed E-state index contributed by atoms with van der Waals surface area (Å²) in [6.45, 7) is 4.58. The van der Waals surface area contributed by atoms with Crippen LogP contribution in [0.5, 0.6) is 0 Å². The molecule has 1 aliphatic heterocycles. The zero-order valence-corrected chi connectivity index (χ0v) is 10.6. The van der Waals surface area contributed by atoms with Gasteiger partial charge in [0.1, 0.15) is 6.04 Å². The molecule has 0 spiro atoms. The Labute approximate surface area is 105 Å². The maximum absolute atomic E-state index is 11.2. The summed E-state index contributed by atoms with van der Waals surface area (Å²) in [6, 6.07) is 4.17. The van der Waals surface area contributed by atoms with E-state index in [1.54, 1.807) is 18.3 Å². The number of rotatable bonds is 2. The molecule has 0 saturated carbocycles. The van der Waals surface area contributed by atoms with Crippen molar-refractivity contribution in [3.8, 4) is 6.07 Å². The third-order valence-electron chi connectivity index (χ3n) is 3.11. The van der Waals surface area contributed by atoms with Gasteiger partial charge in [-0.05, 0) is 22.4 Å². The van der Waals surface area contributed by atoms with Gasteiger partial charge in [-0.25, -0.2) is 0 Å². The van der Waals surface area contributed by atoms with Crippen molar-refractivity contribution in [2.45, 2.75) is 13.0 Å². The minimum absolute atomic E-state index is 0.119. The molecule has 0 aliphatic carbocycles. The molecule has 0 bridgehead atoms. The number of nitrogens with zero attached hydrogens (tertiary/aromatic N) is 3. The van der Waals surface area contributed by atoms with Crippen molar-refractivity contribution >= 4 is 17.2 Å². The molecule has 1 aromatic heterocycles. The van der Waals surface area contributed by atoms with Crippen LogP contribution < -0.4 is 0 Å². The number of hydrogen-bond acceptors (Lipinski definition) is 4. The summed E-state index contributed by atoms with van der Waals surface area (Å²) < 4.78 is 0. The quantitative estimate of drug-likeness (QED) is 0.797. The van der Waals surface area contributed by atoms with Gasteiger partial charge in [0.2, 0.25) is 5.91 Å². The smallest absolute Gasteiger partial charge is 0.219 e. The first-order valence-electron chi connectivity index (χ1n) is 5.63. The van der Waals surface area contributed by atoms with Crippen LogP contribution in [0.3, 0.4) is 0 Å². The molecule has 1 aliphatic rings. The standard InChI is InChI=1S/C12H15N3OS/c1-10(16)14-3-5-15(6-4-14)12(8-13)11-2-7-17-9-11/h2,7,9,12H,3-6H2,1H3. The van der Waals surface area contributed by atoms with Crippen LogP contribution in [0.15, 0.2) is 16.8 Å². The van der Waals surface area contributed by atoms with Gasteiger partial charge >= 0.3 is 0 Å². The topological polar surface area (TPSA) is 47.3 Å². The summed E-state index contributed by atoms with van der Waals surface area (Å²) in [5.41, 5.74) is 1.06. The Bertz CT molecular complexity index is 415. The van der Waals surface area contributed by atoms with Gasteiger partial charge in [-0.15, -0.1) is 0 Å². The van der Waals surface area contributed by atoms with Crippen LogP contribution in [0.2, 0.25) is 0 Å². The number of carbonyl (C=O) groups excluding carboxylic acids is 1. The SMILES string of the molecule is CC(=O)N1CCN(C(C#N)c2ccsc2)CC1. The Hall–Kier alpha value is -1.38. The average Bonchev–Trinajstić information content (AvgIpc) is 2.84. The van der Waals surface area contributed by atoms with Crippen molar-refractivity contribution < 1.29 is 4.79 Å². The molecule has 0 N–H and O–H groups in total. The van der Waals surface area contributed by atoms with Crippen LogP contribution in [0, 0.1) is 11.3 Å². The van der Waals surface area contributed by atoms with Crippen molar-refractivity contribution in [1.82, 2.24) is 9.80 Å². The molecule has 1 unspecified atom stereocenters. The Morgan fingerprint density at radius 2 is 2.18 bits per heavy atom. The summed E-state index contributed by atoms with van der Waals surface area (Å²) in [4.78, 5) is 15.2. The largest absolute Gasteiger partial charge is 0.340 e. The molecule has 17 heavy (non-hydrogen) atoms. The Morgan fingerprint density at radius 3 is 2.65 bits per heavy atom. The fraction of sp³-hybridized carbons (Fsp3) is 0.500. The molecule has 2 heterocycles. The van der Waals surface area contributed by atoms with Crippen LogP contribution >= 0.6 is 11.3 Å². The zero-order chi connectivity index (χ0) is 12.3. The molecule has 0 radical (unpaired) electrons. The molecule has 1 atom stereocenters. The van der Waals surface area contributed by atoms with E-state index in [9.17, 15) is 10.1 Å². The van der Waals surface area contributed by atoms with Gasteiger partial charge in [-0.1, -0.05) is 0 Å². The van der Waals surface area contributed by atoms with Crippen molar-refractivity contribution in [2.75, 3.05) is 26.2 Å². The summed E-state index contributed by atoms with van der Waals surface area (Å²) in [5, 5.41) is 13.3. The predicted octanol–water partition coefficient (Wildman–Crippen LogP) is 1.48. The van der Waals surface area contributed by atoms with Crippen molar-refractivity contribution in [3.05, 3.63) is 22.4 Å². The number of nitriles is 1. The average molecular weight is 249 g/mol. The summed E-state index contributed by atoms with van der Waals surface area (Å²) in [6.07, 6.45) is 0. The highest BCUT2D eigenvalue weighted by molar-refractivity contribution is 7.08. The third-order valence-corrected chi connectivity index (χ3v) is 3.81. The van der Waals surface area contributed by atoms with Crippen molar-refractivity contribution in [2.24, 2.45) is 0 Å². The number of hydrogen-bond donors (Lipinski definition) is 0. The van der Waals surface area contributed by atoms with E-state index < -0.39 is 0 Å². The lowest BCUT2D eigenvalue weighted by Crippen LogP contribution is -2.48. The Morgan fingerprint density at radius 1 is 1.47 bits per heavy atom. The minimum atomic E-state index is -0.171. The van der Waals surface area contributed by atoms with E-state index in [2.05, 4.69) is 11.0 Å². The molecule has 5 heteroatoms. The van der Waals surface area contributed by atoms with E-state index in [1.807, 2.05) is 21.7 Å². The van der Waals surface area contributed by atoms with Gasteiger partial charge < -0.3 is 4.90 Å². The molecule has 1 aromatic rings. The van der Waals surface area contributed by atoms with E-state index in [0.717, 1.165) is 31.7 Å². The second-order valence-electron chi connectivity index (χ2n) is 4.13. The lowest BCUT2D eigenvalue weighted by molar-refractivity contribution is -0.130. The lowest BCUT2D eigenvalue weighted by atomic mass is 10.1. The highest BCUT2D eigenvalue weighted by Gasteiger charge is 2.25. The molecular weight excluding hydrogens is 234 g/mol. The van der Waals surface area contributed by atoms with Gasteiger partial charge in [0.05, 0.1) is 6.07 Å². The normalized spacial score (nSPS) is 18.7. The molecule has 0 aromatic carbocycles. The maximum Gasteiger partial charge on any atom is 0.219 e. The number of carbonyl (C=O) groups is 1. The van der Waals surface area contributed by atoms with E-state index >= 15 is 0 Å². The molecule has 1 fully saturated rings. The number of piperazine rings is 1. The fourth-order valence-corrected chi connectivity index (χ4v) is 2.77. The highest BCUT2D eigenvalue weighted by atomic mass is 32.1. The Balaban J connectivity index is 2.00. The summed E-state index contributed by atoms with van der Waals surface area (Å²) in [5.74, 6) is 0.119. The molecule has 1 amide bonds. The molecule has 90 valence electrons. The van der Waals surface area contributed by atoms with E-state index in [0.29, 0.717) is 0 Å². The van der Waals surface area contributed by atoms with Gasteiger partial charge in [-0.3, -0.25) is 9.69 Å². The third kappa shape index (κ3) is 2.65. The summed E-state index contributed by atoms with van der Waals surface area (Å²) in [7, 11) is 0. The highest BCUT2D eigenvalue weighted by Crippen LogP contribution is 2.23. The lowest BCUT2D eigenvalue weighted by Gasteiger charge is -2.36. The van der Waals surface area contributed by atoms with Crippen LogP contribution in [-0.4, -0.2) is 41.9 Å². The monoisotopic (exact) mass is 249 g/mol. The molecule has 2 rings (SSSR count). The first-order chi connectivity index (χ1) is 8.22. The Kier molecular flexibility index (Phi) is 3.77. The van der Waals surface area contributed by atoms with Gasteiger partial charge in [0.15, 0.2) is 0 Å². The first kappa shape index (κ1) is 12.1. The van der Waals surface area contributed by atoms with Crippen LogP contribution in [0.25, 0.3) is 0 Å². The molecule has 1 saturated heterocycles. The van der Waals surface area contributed by atoms with Gasteiger partial charge in [-0.2, -0.15) is 16.6 Å². The van der Waals surface area contributed by atoms with E-state index in [-0.39, 0.29) is 11.9 Å². The minimum Gasteiger partial charge on any atom is -0.340 e. The van der Waals surface area contributed by atoms with E-state index in [4.69, 9.17) is 0 Å². The van der Waals surface area contributed by atoms with E-state index in [1.165, 1.54) is 0 Å².